The minimum absolute atomic E-state index is 0.376. The minimum Gasteiger partial charge on any atom is -0.325 e. The highest BCUT2D eigenvalue weighted by Crippen LogP contribution is 2.36. The van der Waals surface area contributed by atoms with Crippen LogP contribution in [0.4, 0.5) is 11.6 Å². The summed E-state index contributed by atoms with van der Waals surface area (Å²) in [4.78, 5) is 14.7. The number of piperazine rings is 1. The third-order valence-electron chi connectivity index (χ3n) is 6.87. The molecule has 5 rings (SSSR count). The lowest BCUT2D eigenvalue weighted by Crippen LogP contribution is -2.43. The maximum absolute atomic E-state index is 5.12. The molecule has 174 valence electrons. The van der Waals surface area contributed by atoms with Crippen LogP contribution >= 0.6 is 0 Å². The zero-order chi connectivity index (χ0) is 22.9. The van der Waals surface area contributed by atoms with Crippen molar-refractivity contribution in [2.75, 3.05) is 38.5 Å². The molecule has 3 aromatic rings. The van der Waals surface area contributed by atoms with E-state index < -0.39 is 0 Å². The summed E-state index contributed by atoms with van der Waals surface area (Å²) in [6.07, 6.45) is 6.12. The average molecular weight is 446 g/mol. The fourth-order valence-electron chi connectivity index (χ4n) is 4.77. The molecule has 1 N–H and O–H groups in total. The Labute approximate surface area is 196 Å². The predicted octanol–water partition coefficient (Wildman–Crippen LogP) is 4.07. The van der Waals surface area contributed by atoms with Crippen molar-refractivity contribution < 1.29 is 0 Å². The Morgan fingerprint density at radius 1 is 1.09 bits per heavy atom. The van der Waals surface area contributed by atoms with Crippen LogP contribution in [0.2, 0.25) is 0 Å². The molecule has 1 fully saturated rings. The molecule has 0 aromatic carbocycles. The SMILES string of the molecule is CCn1cc2c(n1)CCc1cc(C(C)C)c(Nc3ccc(CN4CCN(C)CC4)cn3)nc1-2. The topological polar surface area (TPSA) is 62.1 Å². The quantitative estimate of drug-likeness (QED) is 0.617. The average Bonchev–Trinajstić information content (AvgIpc) is 3.25. The van der Waals surface area contributed by atoms with Gasteiger partial charge in [-0.2, -0.15) is 5.10 Å². The molecule has 1 aliphatic carbocycles. The largest absolute Gasteiger partial charge is 0.325 e. The van der Waals surface area contributed by atoms with Crippen molar-refractivity contribution in [1.29, 1.82) is 0 Å². The van der Waals surface area contributed by atoms with Crippen molar-refractivity contribution >= 4 is 11.6 Å². The highest BCUT2D eigenvalue weighted by atomic mass is 15.3. The molecule has 33 heavy (non-hydrogen) atoms. The first kappa shape index (κ1) is 22.0. The van der Waals surface area contributed by atoms with E-state index >= 15 is 0 Å². The van der Waals surface area contributed by atoms with Gasteiger partial charge in [0.25, 0.3) is 0 Å². The number of aryl methyl sites for hydroxylation is 3. The second kappa shape index (κ2) is 9.23. The van der Waals surface area contributed by atoms with Gasteiger partial charge in [0.05, 0.1) is 11.4 Å². The van der Waals surface area contributed by atoms with Crippen molar-refractivity contribution in [2.45, 2.75) is 52.6 Å². The lowest BCUT2D eigenvalue weighted by molar-refractivity contribution is 0.148. The molecule has 0 amide bonds. The molecule has 3 aromatic heterocycles. The Morgan fingerprint density at radius 2 is 1.91 bits per heavy atom. The van der Waals surface area contributed by atoms with Crippen LogP contribution in [0.3, 0.4) is 0 Å². The molecule has 7 heteroatoms. The van der Waals surface area contributed by atoms with Gasteiger partial charge in [0.1, 0.15) is 11.6 Å². The predicted molar refractivity (Wildman–Crippen MR) is 133 cm³/mol. The summed E-state index contributed by atoms with van der Waals surface area (Å²) in [6.45, 7) is 12.9. The van der Waals surface area contributed by atoms with Gasteiger partial charge in [-0.05, 0) is 61.6 Å². The Balaban J connectivity index is 1.38. The van der Waals surface area contributed by atoms with Crippen molar-refractivity contribution in [1.82, 2.24) is 29.5 Å². The maximum Gasteiger partial charge on any atom is 0.135 e. The van der Waals surface area contributed by atoms with E-state index in [1.165, 1.54) is 22.3 Å². The van der Waals surface area contributed by atoms with Gasteiger partial charge in [-0.15, -0.1) is 0 Å². The number of fused-ring (bicyclic) bond motifs is 3. The first-order valence-electron chi connectivity index (χ1n) is 12.2. The number of rotatable bonds is 6. The zero-order valence-corrected chi connectivity index (χ0v) is 20.3. The van der Waals surface area contributed by atoms with E-state index in [4.69, 9.17) is 15.1 Å². The van der Waals surface area contributed by atoms with Crippen LogP contribution in [-0.2, 0) is 25.9 Å². The first-order valence-corrected chi connectivity index (χ1v) is 12.2. The van der Waals surface area contributed by atoms with Gasteiger partial charge in [0.15, 0.2) is 0 Å². The van der Waals surface area contributed by atoms with Crippen LogP contribution < -0.4 is 5.32 Å². The Kier molecular flexibility index (Phi) is 6.17. The van der Waals surface area contributed by atoms with Crippen LogP contribution in [-0.4, -0.2) is 62.8 Å². The van der Waals surface area contributed by atoms with E-state index in [1.807, 2.05) is 10.9 Å². The Morgan fingerprint density at radius 3 is 2.61 bits per heavy atom. The van der Waals surface area contributed by atoms with Gasteiger partial charge in [-0.25, -0.2) is 9.97 Å². The molecule has 0 spiro atoms. The number of likely N-dealkylation sites (N-methyl/N-ethyl adjacent to an activating group) is 1. The number of pyridine rings is 2. The summed E-state index contributed by atoms with van der Waals surface area (Å²) in [5.41, 5.74) is 7.21. The lowest BCUT2D eigenvalue weighted by atomic mass is 9.91. The van der Waals surface area contributed by atoms with E-state index in [0.29, 0.717) is 5.92 Å². The molecule has 0 bridgehead atoms. The normalized spacial score (nSPS) is 16.6. The second-order valence-electron chi connectivity index (χ2n) is 9.69. The summed E-state index contributed by atoms with van der Waals surface area (Å²) >= 11 is 0. The maximum atomic E-state index is 5.12. The Hall–Kier alpha value is -2.77. The summed E-state index contributed by atoms with van der Waals surface area (Å²) in [7, 11) is 2.19. The summed E-state index contributed by atoms with van der Waals surface area (Å²) in [5, 5.41) is 8.26. The fourth-order valence-corrected chi connectivity index (χ4v) is 4.77. The molecular weight excluding hydrogens is 410 g/mol. The minimum atomic E-state index is 0.376. The molecule has 1 saturated heterocycles. The first-order chi connectivity index (χ1) is 16.0. The number of aromatic nitrogens is 4. The van der Waals surface area contributed by atoms with Crippen molar-refractivity contribution in [3.63, 3.8) is 0 Å². The standard InChI is InChI=1S/C26H35N7/c1-5-33-17-22-23(30-33)8-7-20-14-21(18(2)3)26(29-25(20)22)28-24-9-6-19(15-27-24)16-32-12-10-31(4)11-13-32/h6,9,14-15,17-18H,5,7-8,10-13,16H2,1-4H3,(H,27,28,29). The van der Waals surface area contributed by atoms with Crippen molar-refractivity contribution in [2.24, 2.45) is 0 Å². The third-order valence-corrected chi connectivity index (χ3v) is 6.87. The van der Waals surface area contributed by atoms with Crippen molar-refractivity contribution in [3.05, 3.63) is 53.0 Å². The molecule has 0 unspecified atom stereocenters. The van der Waals surface area contributed by atoms with Gasteiger partial charge >= 0.3 is 0 Å². The van der Waals surface area contributed by atoms with Gasteiger partial charge in [0, 0.05) is 57.2 Å². The zero-order valence-electron chi connectivity index (χ0n) is 20.3. The van der Waals surface area contributed by atoms with Gasteiger partial charge in [0.2, 0.25) is 0 Å². The molecule has 0 atom stereocenters. The number of hydrogen-bond acceptors (Lipinski definition) is 6. The van der Waals surface area contributed by atoms with Crippen LogP contribution in [0, 0.1) is 0 Å². The third kappa shape index (κ3) is 4.66. The van der Waals surface area contributed by atoms with E-state index in [2.05, 4.69) is 67.3 Å². The Bertz CT molecular complexity index is 1110. The lowest BCUT2D eigenvalue weighted by Gasteiger charge is -2.32. The molecule has 7 nitrogen and oxygen atoms in total. The smallest absolute Gasteiger partial charge is 0.135 e. The summed E-state index contributed by atoms with van der Waals surface area (Å²) in [5.74, 6) is 2.12. The number of nitrogens with one attached hydrogen (secondary N) is 1. The highest BCUT2D eigenvalue weighted by Gasteiger charge is 2.24. The van der Waals surface area contributed by atoms with Crippen molar-refractivity contribution in [3.8, 4) is 11.3 Å². The van der Waals surface area contributed by atoms with Crippen LogP contribution in [0.1, 0.15) is 49.1 Å². The molecule has 2 aliphatic rings. The second-order valence-corrected chi connectivity index (χ2v) is 9.69. The number of hydrogen-bond donors (Lipinski definition) is 1. The van der Waals surface area contributed by atoms with Crippen LogP contribution in [0.15, 0.2) is 30.6 Å². The van der Waals surface area contributed by atoms with E-state index in [9.17, 15) is 0 Å². The number of nitrogens with zero attached hydrogens (tertiary/aromatic N) is 6. The van der Waals surface area contributed by atoms with Crippen LogP contribution in [0.5, 0.6) is 0 Å². The van der Waals surface area contributed by atoms with E-state index in [1.54, 1.807) is 0 Å². The molecular formula is C26H35N7. The van der Waals surface area contributed by atoms with E-state index in [-0.39, 0.29) is 0 Å². The van der Waals surface area contributed by atoms with Crippen LogP contribution in [0.25, 0.3) is 11.3 Å². The molecule has 0 radical (unpaired) electrons. The molecule has 1 aliphatic heterocycles. The summed E-state index contributed by atoms with van der Waals surface area (Å²) < 4.78 is 2.02. The van der Waals surface area contributed by atoms with E-state index in [0.717, 1.165) is 75.1 Å². The van der Waals surface area contributed by atoms with Gasteiger partial charge in [-0.1, -0.05) is 19.9 Å². The van der Waals surface area contributed by atoms with Gasteiger partial charge < -0.3 is 10.2 Å². The summed E-state index contributed by atoms with van der Waals surface area (Å²) in [6, 6.07) is 6.60. The monoisotopic (exact) mass is 445 g/mol. The number of anilines is 2. The highest BCUT2D eigenvalue weighted by molar-refractivity contribution is 5.72. The molecule has 4 heterocycles. The van der Waals surface area contributed by atoms with Gasteiger partial charge in [-0.3, -0.25) is 9.58 Å². The molecule has 0 saturated carbocycles. The fraction of sp³-hybridized carbons (Fsp3) is 0.500.